The predicted molar refractivity (Wildman–Crippen MR) is 118 cm³/mol. The Morgan fingerprint density at radius 3 is 2.33 bits per heavy atom. The monoisotopic (exact) mass is 401 g/mol. The van der Waals surface area contributed by atoms with Gasteiger partial charge in [-0.25, -0.2) is 0 Å². The van der Waals surface area contributed by atoms with Gasteiger partial charge in [-0.2, -0.15) is 0 Å². The number of aromatic nitrogens is 1. The maximum absolute atomic E-state index is 12.5. The minimum atomic E-state index is -0.129. The van der Waals surface area contributed by atoms with Crippen molar-refractivity contribution in [3.05, 3.63) is 100 Å². The summed E-state index contributed by atoms with van der Waals surface area (Å²) in [6, 6.07) is 17.4. The minimum Gasteiger partial charge on any atom is -0.352 e. The first-order chi connectivity index (χ1) is 14.5. The van der Waals surface area contributed by atoms with Crippen molar-refractivity contribution >= 4 is 11.8 Å². The molecular weight excluding hydrogens is 374 g/mol. The van der Waals surface area contributed by atoms with E-state index in [-0.39, 0.29) is 11.8 Å². The zero-order chi connectivity index (χ0) is 21.3. The third-order valence-corrected chi connectivity index (χ3v) is 4.82. The number of nitrogens with zero attached hydrogens (tertiary/aromatic N) is 1. The summed E-state index contributed by atoms with van der Waals surface area (Å²) in [5.74, 6) is -0.151. The first-order valence-electron chi connectivity index (χ1n) is 10.1. The highest BCUT2D eigenvalue weighted by atomic mass is 16.2. The van der Waals surface area contributed by atoms with Crippen LogP contribution < -0.4 is 10.6 Å². The molecule has 1 aromatic heterocycles. The average Bonchev–Trinajstić information content (AvgIpc) is 2.76. The van der Waals surface area contributed by atoms with Crippen molar-refractivity contribution in [2.75, 3.05) is 0 Å². The molecule has 1 heterocycles. The highest BCUT2D eigenvalue weighted by Gasteiger charge is 2.08. The first-order valence-corrected chi connectivity index (χ1v) is 10.1. The van der Waals surface area contributed by atoms with Crippen LogP contribution in [0.15, 0.2) is 67.0 Å². The molecule has 2 amide bonds. The van der Waals surface area contributed by atoms with Crippen LogP contribution in [0.25, 0.3) is 0 Å². The van der Waals surface area contributed by atoms with Gasteiger partial charge in [0.2, 0.25) is 5.91 Å². The zero-order valence-corrected chi connectivity index (χ0v) is 17.4. The number of hydrogen-bond donors (Lipinski definition) is 2. The van der Waals surface area contributed by atoms with Gasteiger partial charge in [0.15, 0.2) is 0 Å². The van der Waals surface area contributed by atoms with Crippen LogP contribution in [-0.4, -0.2) is 16.8 Å². The second-order valence-electron chi connectivity index (χ2n) is 7.52. The number of carbonyl (C=O) groups is 2. The van der Waals surface area contributed by atoms with Crippen molar-refractivity contribution in [1.29, 1.82) is 0 Å². The molecule has 0 unspecified atom stereocenters. The van der Waals surface area contributed by atoms with Gasteiger partial charge >= 0.3 is 0 Å². The Kier molecular flexibility index (Phi) is 7.33. The van der Waals surface area contributed by atoms with E-state index >= 15 is 0 Å². The van der Waals surface area contributed by atoms with Crippen molar-refractivity contribution < 1.29 is 9.59 Å². The molecule has 0 aliphatic heterocycles. The standard InChI is InChI=1S/C25H27N3O2/c1-18-6-8-20(9-7-18)16-28-25(30)23-5-3-4-21(13-23)17-27-24(29)11-10-22-12-19(2)14-26-15-22/h3-9,12-15H,10-11,16-17H2,1-2H3,(H,27,29)(H,28,30). The quantitative estimate of drug-likeness (QED) is 0.602. The molecule has 0 atom stereocenters. The Morgan fingerprint density at radius 2 is 1.57 bits per heavy atom. The largest absolute Gasteiger partial charge is 0.352 e. The maximum atomic E-state index is 12.5. The molecule has 0 bridgehead atoms. The number of pyridine rings is 1. The van der Waals surface area contributed by atoms with Gasteiger partial charge in [0.1, 0.15) is 0 Å². The Labute approximate surface area is 177 Å². The lowest BCUT2D eigenvalue weighted by Crippen LogP contribution is -2.24. The van der Waals surface area contributed by atoms with Gasteiger partial charge < -0.3 is 10.6 Å². The van der Waals surface area contributed by atoms with Gasteiger partial charge in [-0.3, -0.25) is 14.6 Å². The van der Waals surface area contributed by atoms with Crippen molar-refractivity contribution in [1.82, 2.24) is 15.6 Å². The number of hydrogen-bond acceptors (Lipinski definition) is 3. The molecule has 0 saturated heterocycles. The molecule has 0 aliphatic rings. The van der Waals surface area contributed by atoms with E-state index in [1.54, 1.807) is 18.5 Å². The molecular formula is C25H27N3O2. The fraction of sp³-hybridized carbons (Fsp3) is 0.240. The summed E-state index contributed by atoms with van der Waals surface area (Å²) >= 11 is 0. The molecule has 0 spiro atoms. The number of nitrogens with one attached hydrogen (secondary N) is 2. The van der Waals surface area contributed by atoms with Gasteiger partial charge in [0.25, 0.3) is 5.91 Å². The molecule has 0 radical (unpaired) electrons. The normalized spacial score (nSPS) is 10.5. The molecule has 3 rings (SSSR count). The summed E-state index contributed by atoms with van der Waals surface area (Å²) in [5, 5.41) is 5.86. The van der Waals surface area contributed by atoms with E-state index in [0.717, 1.165) is 22.3 Å². The lowest BCUT2D eigenvalue weighted by molar-refractivity contribution is -0.121. The van der Waals surface area contributed by atoms with Crippen LogP contribution in [0, 0.1) is 13.8 Å². The van der Waals surface area contributed by atoms with E-state index in [9.17, 15) is 9.59 Å². The van der Waals surface area contributed by atoms with Crippen LogP contribution in [-0.2, 0) is 24.3 Å². The van der Waals surface area contributed by atoms with E-state index in [4.69, 9.17) is 0 Å². The van der Waals surface area contributed by atoms with Gasteiger partial charge in [0.05, 0.1) is 0 Å². The van der Waals surface area contributed by atoms with Gasteiger partial charge in [-0.05, 0) is 54.7 Å². The molecule has 2 aromatic carbocycles. The van der Waals surface area contributed by atoms with E-state index in [1.807, 2.05) is 62.4 Å². The average molecular weight is 402 g/mol. The number of amides is 2. The van der Waals surface area contributed by atoms with E-state index in [1.165, 1.54) is 5.56 Å². The van der Waals surface area contributed by atoms with E-state index in [2.05, 4.69) is 15.6 Å². The molecule has 2 N–H and O–H groups in total. The van der Waals surface area contributed by atoms with Crippen molar-refractivity contribution in [2.45, 2.75) is 39.8 Å². The van der Waals surface area contributed by atoms with Crippen LogP contribution in [0.2, 0.25) is 0 Å². The molecule has 0 fully saturated rings. The second kappa shape index (κ2) is 10.3. The van der Waals surface area contributed by atoms with E-state index < -0.39 is 0 Å². The van der Waals surface area contributed by atoms with Crippen LogP contribution in [0.3, 0.4) is 0 Å². The van der Waals surface area contributed by atoms with Crippen molar-refractivity contribution in [3.8, 4) is 0 Å². The second-order valence-corrected chi connectivity index (χ2v) is 7.52. The zero-order valence-electron chi connectivity index (χ0n) is 17.4. The third-order valence-electron chi connectivity index (χ3n) is 4.82. The Balaban J connectivity index is 1.47. The highest BCUT2D eigenvalue weighted by molar-refractivity contribution is 5.94. The smallest absolute Gasteiger partial charge is 0.251 e. The predicted octanol–water partition coefficient (Wildman–Crippen LogP) is 3.88. The molecule has 5 nitrogen and oxygen atoms in total. The SMILES string of the molecule is Cc1ccc(CNC(=O)c2cccc(CNC(=O)CCc3cncc(C)c3)c2)cc1. The van der Waals surface area contributed by atoms with Crippen molar-refractivity contribution in [2.24, 2.45) is 0 Å². The number of aryl methyl sites for hydroxylation is 3. The Hall–Kier alpha value is -3.47. The third kappa shape index (κ3) is 6.55. The molecule has 154 valence electrons. The van der Waals surface area contributed by atoms with Gasteiger partial charge in [-0.15, -0.1) is 0 Å². The van der Waals surface area contributed by atoms with Crippen LogP contribution >= 0.6 is 0 Å². The Morgan fingerprint density at radius 1 is 0.800 bits per heavy atom. The summed E-state index contributed by atoms with van der Waals surface area (Å²) < 4.78 is 0. The maximum Gasteiger partial charge on any atom is 0.251 e. The van der Waals surface area contributed by atoms with E-state index in [0.29, 0.717) is 31.5 Å². The summed E-state index contributed by atoms with van der Waals surface area (Å²) in [6.45, 7) is 4.89. The highest BCUT2D eigenvalue weighted by Crippen LogP contribution is 2.08. The summed E-state index contributed by atoms with van der Waals surface area (Å²) in [4.78, 5) is 28.8. The molecule has 3 aromatic rings. The lowest BCUT2D eigenvalue weighted by Gasteiger charge is -2.09. The van der Waals surface area contributed by atoms with Crippen LogP contribution in [0.4, 0.5) is 0 Å². The van der Waals surface area contributed by atoms with Crippen molar-refractivity contribution in [3.63, 3.8) is 0 Å². The summed E-state index contributed by atoms with van der Waals surface area (Å²) in [5.41, 5.74) is 5.86. The molecule has 30 heavy (non-hydrogen) atoms. The number of carbonyl (C=O) groups excluding carboxylic acids is 2. The fourth-order valence-electron chi connectivity index (χ4n) is 3.11. The topological polar surface area (TPSA) is 71.1 Å². The first kappa shape index (κ1) is 21.2. The van der Waals surface area contributed by atoms with Crippen LogP contribution in [0.5, 0.6) is 0 Å². The Bertz CT molecular complexity index is 1010. The number of benzene rings is 2. The molecule has 0 saturated carbocycles. The lowest BCUT2D eigenvalue weighted by atomic mass is 10.1. The summed E-state index contributed by atoms with van der Waals surface area (Å²) in [6.07, 6.45) is 4.65. The minimum absolute atomic E-state index is 0.0225. The fourth-order valence-corrected chi connectivity index (χ4v) is 3.11. The van der Waals surface area contributed by atoms with Crippen LogP contribution in [0.1, 0.15) is 44.6 Å². The van der Waals surface area contributed by atoms with Gasteiger partial charge in [0, 0.05) is 37.5 Å². The molecule has 0 aliphatic carbocycles. The summed E-state index contributed by atoms with van der Waals surface area (Å²) in [7, 11) is 0. The number of rotatable bonds is 8. The molecule has 5 heteroatoms. The van der Waals surface area contributed by atoms with Gasteiger partial charge in [-0.1, -0.05) is 48.0 Å².